The number of allylic oxidation sites excluding steroid dienone is 2. The van der Waals surface area contributed by atoms with Crippen LogP contribution < -0.4 is 20.3 Å². The summed E-state index contributed by atoms with van der Waals surface area (Å²) < 4.78 is 11.0. The largest absolute Gasteiger partial charge is 0.454 e. The minimum atomic E-state index is -0.494. The zero-order valence-electron chi connectivity index (χ0n) is 16.4. The first-order valence-corrected chi connectivity index (χ1v) is 10.7. The van der Waals surface area contributed by atoms with Gasteiger partial charge in [-0.05, 0) is 35.8 Å². The average Bonchev–Trinajstić information content (AvgIpc) is 3.12. The van der Waals surface area contributed by atoms with E-state index in [1.165, 1.54) is 11.8 Å². The Morgan fingerprint density at radius 3 is 2.76 bits per heavy atom. The molecule has 0 spiro atoms. The lowest BCUT2D eigenvalue weighted by Crippen LogP contribution is -2.37. The molecule has 3 heterocycles. The van der Waals surface area contributed by atoms with E-state index in [0.717, 1.165) is 17.7 Å². The first kappa shape index (κ1) is 18.3. The summed E-state index contributed by atoms with van der Waals surface area (Å²) in [5, 5.41) is 3.85. The summed E-state index contributed by atoms with van der Waals surface area (Å²) in [4.78, 5) is 33.7. The Kier molecular flexibility index (Phi) is 4.03. The van der Waals surface area contributed by atoms with Crippen LogP contribution in [-0.2, 0) is 4.79 Å². The molecule has 1 aromatic carbocycles. The van der Waals surface area contributed by atoms with Crippen LogP contribution in [-0.4, -0.2) is 28.8 Å². The maximum absolute atomic E-state index is 13.2. The summed E-state index contributed by atoms with van der Waals surface area (Å²) >= 11 is 1.37. The minimum absolute atomic E-state index is 0.0606. The molecule has 2 aromatic rings. The third kappa shape index (κ3) is 2.93. The molecule has 29 heavy (non-hydrogen) atoms. The lowest BCUT2D eigenvalue weighted by atomic mass is 9.69. The topological polar surface area (TPSA) is 93.3 Å². The van der Waals surface area contributed by atoms with Crippen molar-refractivity contribution in [3.05, 3.63) is 50.9 Å². The Labute approximate surface area is 171 Å². The highest BCUT2D eigenvalue weighted by Gasteiger charge is 2.42. The predicted molar refractivity (Wildman–Crippen MR) is 110 cm³/mol. The number of ether oxygens (including phenoxy) is 2. The lowest BCUT2D eigenvalue weighted by Gasteiger charge is -2.38. The van der Waals surface area contributed by atoms with Crippen LogP contribution in [0.4, 0.5) is 5.82 Å². The Bertz CT molecular complexity index is 1140. The Morgan fingerprint density at radius 2 is 1.97 bits per heavy atom. The fourth-order valence-electron chi connectivity index (χ4n) is 4.42. The molecule has 0 unspecified atom stereocenters. The average molecular weight is 411 g/mol. The van der Waals surface area contributed by atoms with Gasteiger partial charge in [0.05, 0.1) is 5.56 Å². The van der Waals surface area contributed by atoms with Crippen LogP contribution in [0.2, 0.25) is 0 Å². The molecule has 1 aromatic heterocycles. The molecule has 0 fully saturated rings. The number of hydrogen-bond donors (Lipinski definition) is 2. The molecule has 8 heteroatoms. The number of rotatable bonds is 2. The van der Waals surface area contributed by atoms with Crippen molar-refractivity contribution < 1.29 is 14.3 Å². The second-order valence-corrected chi connectivity index (χ2v) is 9.14. The van der Waals surface area contributed by atoms with Crippen molar-refractivity contribution in [3.8, 4) is 11.5 Å². The van der Waals surface area contributed by atoms with Crippen LogP contribution in [0.3, 0.4) is 0 Å². The Hall–Kier alpha value is -2.74. The summed E-state index contributed by atoms with van der Waals surface area (Å²) in [5.74, 6) is 1.37. The van der Waals surface area contributed by atoms with Gasteiger partial charge in [0.2, 0.25) is 6.79 Å². The van der Waals surface area contributed by atoms with Gasteiger partial charge < -0.3 is 19.8 Å². The van der Waals surface area contributed by atoms with Crippen LogP contribution in [0.5, 0.6) is 11.5 Å². The fraction of sp³-hybridized carbons (Fsp3) is 0.381. The van der Waals surface area contributed by atoms with Crippen molar-refractivity contribution in [2.75, 3.05) is 18.4 Å². The van der Waals surface area contributed by atoms with Gasteiger partial charge in [0, 0.05) is 23.6 Å². The highest BCUT2D eigenvalue weighted by atomic mass is 32.2. The molecule has 5 rings (SSSR count). The van der Waals surface area contributed by atoms with Gasteiger partial charge in [-0.1, -0.05) is 31.7 Å². The molecule has 2 aliphatic heterocycles. The quantitative estimate of drug-likeness (QED) is 0.578. The van der Waals surface area contributed by atoms with Gasteiger partial charge >= 0.3 is 0 Å². The molecule has 0 saturated carbocycles. The van der Waals surface area contributed by atoms with Crippen molar-refractivity contribution in [2.24, 2.45) is 5.41 Å². The second kappa shape index (κ2) is 6.38. The number of carbonyl (C=O) groups excluding carboxylic acids is 1. The zero-order valence-corrected chi connectivity index (χ0v) is 17.2. The summed E-state index contributed by atoms with van der Waals surface area (Å²) in [6.07, 6.45) is 3.02. The highest BCUT2D eigenvalue weighted by Crippen LogP contribution is 2.48. The van der Waals surface area contributed by atoms with Crippen LogP contribution in [0.1, 0.15) is 43.7 Å². The van der Waals surface area contributed by atoms with Crippen LogP contribution in [0.15, 0.2) is 39.4 Å². The monoisotopic (exact) mass is 411 g/mol. The number of fused-ring (bicyclic) bond motifs is 2. The number of H-pyrrole nitrogens is 1. The first-order valence-electron chi connectivity index (χ1n) is 9.47. The van der Waals surface area contributed by atoms with E-state index in [-0.39, 0.29) is 23.6 Å². The van der Waals surface area contributed by atoms with Crippen molar-refractivity contribution in [2.45, 2.75) is 37.8 Å². The smallest absolute Gasteiger partial charge is 0.257 e. The molecule has 1 atom stereocenters. The van der Waals surface area contributed by atoms with E-state index in [0.29, 0.717) is 40.0 Å². The van der Waals surface area contributed by atoms with Gasteiger partial charge in [0.25, 0.3) is 5.56 Å². The van der Waals surface area contributed by atoms with Crippen LogP contribution in [0.25, 0.3) is 0 Å². The molecule has 150 valence electrons. The van der Waals surface area contributed by atoms with E-state index in [2.05, 4.69) is 29.1 Å². The summed E-state index contributed by atoms with van der Waals surface area (Å²) in [7, 11) is 0. The number of ketones is 1. The van der Waals surface area contributed by atoms with E-state index in [1.54, 1.807) is 0 Å². The number of anilines is 1. The number of nitrogens with zero attached hydrogens (tertiary/aromatic N) is 1. The standard InChI is InChI=1S/C21H21N3O4S/c1-21(2)7-11-16(12(25)8-21)15(10-4-5-13-14(6-10)28-9-27-13)17-18(22-11)23-20(29-3)24-19(17)26/h4-6,15H,7-9H2,1-3H3,(H2,22,23,24,26)/t15-/m1/s1. The Morgan fingerprint density at radius 1 is 1.17 bits per heavy atom. The van der Waals surface area contributed by atoms with Crippen molar-refractivity contribution in [3.63, 3.8) is 0 Å². The van der Waals surface area contributed by atoms with Gasteiger partial charge in [-0.25, -0.2) is 4.98 Å². The maximum atomic E-state index is 13.2. The molecular weight excluding hydrogens is 390 g/mol. The molecule has 0 saturated heterocycles. The first-order chi connectivity index (χ1) is 13.9. The lowest BCUT2D eigenvalue weighted by molar-refractivity contribution is -0.118. The van der Waals surface area contributed by atoms with Crippen molar-refractivity contribution in [1.82, 2.24) is 9.97 Å². The number of carbonyl (C=O) groups is 1. The number of nitrogens with one attached hydrogen (secondary N) is 2. The van der Waals surface area contributed by atoms with Crippen molar-refractivity contribution >= 4 is 23.4 Å². The minimum Gasteiger partial charge on any atom is -0.454 e. The second-order valence-electron chi connectivity index (χ2n) is 8.34. The van der Waals surface area contributed by atoms with E-state index in [1.807, 2.05) is 24.5 Å². The molecular formula is C21H21N3O4S. The molecule has 7 nitrogen and oxygen atoms in total. The molecule has 3 aliphatic rings. The third-order valence-electron chi connectivity index (χ3n) is 5.62. The van der Waals surface area contributed by atoms with E-state index >= 15 is 0 Å². The molecule has 0 amide bonds. The van der Waals surface area contributed by atoms with Crippen molar-refractivity contribution in [1.29, 1.82) is 0 Å². The number of Topliss-reactive ketones (excluding diaryl/α,β-unsaturated/α-hetero) is 1. The summed E-state index contributed by atoms with van der Waals surface area (Å²) in [6.45, 7) is 4.34. The molecule has 0 bridgehead atoms. The highest BCUT2D eigenvalue weighted by molar-refractivity contribution is 7.98. The molecule has 1 aliphatic carbocycles. The van der Waals surface area contributed by atoms with Crippen LogP contribution >= 0.6 is 11.8 Å². The summed E-state index contributed by atoms with van der Waals surface area (Å²) in [5.41, 5.74) is 2.41. The number of benzene rings is 1. The predicted octanol–water partition coefficient (Wildman–Crippen LogP) is 3.42. The number of aromatic amines is 1. The zero-order chi connectivity index (χ0) is 20.3. The molecule has 0 radical (unpaired) electrons. The van der Waals surface area contributed by atoms with E-state index < -0.39 is 5.92 Å². The van der Waals surface area contributed by atoms with Gasteiger partial charge in [-0.2, -0.15) is 0 Å². The van der Waals surface area contributed by atoms with Gasteiger partial charge in [-0.3, -0.25) is 9.59 Å². The Balaban J connectivity index is 1.75. The SMILES string of the molecule is CSc1nc2c(c(=O)[nH]1)[C@H](c1ccc3c(c1)OCO3)C1=C(CC(C)(C)CC1=O)N2. The third-order valence-corrected chi connectivity index (χ3v) is 6.20. The summed E-state index contributed by atoms with van der Waals surface area (Å²) in [6, 6.07) is 5.59. The van der Waals surface area contributed by atoms with Gasteiger partial charge in [0.1, 0.15) is 5.82 Å². The fourth-order valence-corrected chi connectivity index (χ4v) is 4.79. The van der Waals surface area contributed by atoms with Gasteiger partial charge in [0.15, 0.2) is 22.4 Å². The maximum Gasteiger partial charge on any atom is 0.257 e. The molecule has 2 N–H and O–H groups in total. The van der Waals surface area contributed by atoms with Crippen LogP contribution in [0, 0.1) is 5.41 Å². The number of aromatic nitrogens is 2. The van der Waals surface area contributed by atoms with E-state index in [9.17, 15) is 9.59 Å². The van der Waals surface area contributed by atoms with Gasteiger partial charge in [-0.15, -0.1) is 0 Å². The number of thioether (sulfide) groups is 1. The van der Waals surface area contributed by atoms with E-state index in [4.69, 9.17) is 9.47 Å². The normalized spacial score (nSPS) is 21.5. The number of hydrogen-bond acceptors (Lipinski definition) is 7.